The Morgan fingerprint density at radius 3 is 2.95 bits per heavy atom. The van der Waals surface area contributed by atoms with Crippen LogP contribution in [0.1, 0.15) is 42.1 Å². The zero-order valence-corrected chi connectivity index (χ0v) is 11.9. The Kier molecular flexibility index (Phi) is 4.47. The summed E-state index contributed by atoms with van der Waals surface area (Å²) in [4.78, 5) is 26.4. The summed E-state index contributed by atoms with van der Waals surface area (Å²) in [6.45, 7) is 4.62. The van der Waals surface area contributed by atoms with Gasteiger partial charge in [0.25, 0.3) is 5.91 Å². The van der Waals surface area contributed by atoms with Gasteiger partial charge >= 0.3 is 5.97 Å². The minimum Gasteiger partial charge on any atom is -0.464 e. The van der Waals surface area contributed by atoms with Crippen LogP contribution < -0.4 is 0 Å². The molecule has 0 N–H and O–H groups in total. The predicted molar refractivity (Wildman–Crippen MR) is 70.0 cm³/mol. The zero-order chi connectivity index (χ0) is 13.8. The number of esters is 1. The van der Waals surface area contributed by atoms with E-state index < -0.39 is 6.04 Å². The van der Waals surface area contributed by atoms with E-state index >= 15 is 0 Å². The third-order valence-corrected chi connectivity index (χ3v) is 3.91. The van der Waals surface area contributed by atoms with E-state index in [9.17, 15) is 9.59 Å². The Morgan fingerprint density at radius 1 is 1.47 bits per heavy atom. The maximum Gasteiger partial charge on any atom is 0.328 e. The average molecular weight is 283 g/mol. The van der Waals surface area contributed by atoms with Crippen LogP contribution in [-0.2, 0) is 16.0 Å². The molecule has 0 aromatic carbocycles. The maximum atomic E-state index is 12.5. The number of rotatable bonds is 4. The first-order valence-corrected chi connectivity index (χ1v) is 7.25. The maximum absolute atomic E-state index is 12.5. The standard InChI is InChI=1S/C12H17N3O3S/c1-3-8-10(19-14-13-8)11(16)15-7-5-6-9(15)12(17)18-4-2/h9H,3-7H2,1-2H3. The fourth-order valence-electron chi connectivity index (χ4n) is 2.23. The number of carbonyl (C=O) groups is 2. The summed E-state index contributed by atoms with van der Waals surface area (Å²) in [5.74, 6) is -0.466. The second kappa shape index (κ2) is 6.10. The van der Waals surface area contributed by atoms with E-state index in [-0.39, 0.29) is 11.9 Å². The van der Waals surface area contributed by atoms with Crippen LogP contribution in [0.5, 0.6) is 0 Å². The zero-order valence-electron chi connectivity index (χ0n) is 11.1. The normalized spacial score (nSPS) is 18.6. The molecule has 2 rings (SSSR count). The first-order chi connectivity index (χ1) is 9.19. The highest BCUT2D eigenvalue weighted by atomic mass is 32.1. The summed E-state index contributed by atoms with van der Waals surface area (Å²) < 4.78 is 8.84. The Labute approximate surface area is 115 Å². The number of aromatic nitrogens is 2. The Morgan fingerprint density at radius 2 is 2.26 bits per heavy atom. The van der Waals surface area contributed by atoms with E-state index in [2.05, 4.69) is 9.59 Å². The molecule has 1 aliphatic heterocycles. The lowest BCUT2D eigenvalue weighted by Crippen LogP contribution is -2.41. The molecule has 1 unspecified atom stereocenters. The van der Waals surface area contributed by atoms with Crippen LogP contribution in [0.2, 0.25) is 0 Å². The first kappa shape index (κ1) is 13.9. The van der Waals surface area contributed by atoms with Gasteiger partial charge in [0.05, 0.1) is 12.3 Å². The van der Waals surface area contributed by atoms with Crippen LogP contribution in [0.15, 0.2) is 0 Å². The van der Waals surface area contributed by atoms with E-state index in [1.54, 1.807) is 11.8 Å². The van der Waals surface area contributed by atoms with Gasteiger partial charge in [0, 0.05) is 6.54 Å². The van der Waals surface area contributed by atoms with E-state index in [1.807, 2.05) is 6.92 Å². The third kappa shape index (κ3) is 2.75. The molecule has 0 spiro atoms. The van der Waals surface area contributed by atoms with Crippen molar-refractivity contribution in [2.45, 2.75) is 39.2 Å². The van der Waals surface area contributed by atoms with Crippen LogP contribution >= 0.6 is 11.5 Å². The number of aryl methyl sites for hydroxylation is 1. The highest BCUT2D eigenvalue weighted by Crippen LogP contribution is 2.23. The number of likely N-dealkylation sites (tertiary alicyclic amines) is 1. The fourth-order valence-corrected chi connectivity index (χ4v) is 2.93. The third-order valence-electron chi connectivity index (χ3n) is 3.16. The van der Waals surface area contributed by atoms with Crippen molar-refractivity contribution < 1.29 is 14.3 Å². The van der Waals surface area contributed by atoms with Crippen LogP contribution in [-0.4, -0.2) is 45.6 Å². The SMILES string of the molecule is CCOC(=O)C1CCCN1C(=O)c1snnc1CC. The molecule has 0 radical (unpaired) electrons. The van der Waals surface area contributed by atoms with Gasteiger partial charge in [0.1, 0.15) is 10.9 Å². The van der Waals surface area contributed by atoms with Crippen molar-refractivity contribution in [3.05, 3.63) is 10.6 Å². The molecule has 104 valence electrons. The Bertz CT molecular complexity index is 475. The molecular weight excluding hydrogens is 266 g/mol. The lowest BCUT2D eigenvalue weighted by atomic mass is 10.2. The smallest absolute Gasteiger partial charge is 0.328 e. The minimum atomic E-state index is -0.459. The van der Waals surface area contributed by atoms with Crippen molar-refractivity contribution in [2.24, 2.45) is 0 Å². The van der Waals surface area contributed by atoms with Crippen LogP contribution in [0, 0.1) is 0 Å². The molecule has 0 bridgehead atoms. The van der Waals surface area contributed by atoms with Crippen molar-refractivity contribution in [1.29, 1.82) is 0 Å². The number of hydrogen-bond acceptors (Lipinski definition) is 6. The van der Waals surface area contributed by atoms with Gasteiger partial charge in [-0.05, 0) is 37.7 Å². The summed E-state index contributed by atoms with van der Waals surface area (Å²) in [5, 5.41) is 3.94. The van der Waals surface area contributed by atoms with Gasteiger partial charge in [-0.1, -0.05) is 11.4 Å². The Balaban J connectivity index is 2.16. The lowest BCUT2D eigenvalue weighted by molar-refractivity contribution is -0.147. The lowest BCUT2D eigenvalue weighted by Gasteiger charge is -2.22. The molecule has 1 aromatic heterocycles. The predicted octanol–water partition coefficient (Wildman–Crippen LogP) is 1.27. The molecule has 2 heterocycles. The highest BCUT2D eigenvalue weighted by molar-refractivity contribution is 7.08. The topological polar surface area (TPSA) is 72.4 Å². The number of nitrogens with zero attached hydrogens (tertiary/aromatic N) is 3. The molecule has 1 saturated heterocycles. The summed E-state index contributed by atoms with van der Waals surface area (Å²) in [7, 11) is 0. The molecular formula is C12H17N3O3S. The first-order valence-electron chi connectivity index (χ1n) is 6.47. The van der Waals surface area contributed by atoms with E-state index in [0.717, 1.165) is 18.0 Å². The number of carbonyl (C=O) groups excluding carboxylic acids is 2. The van der Waals surface area contributed by atoms with Gasteiger partial charge in [0.15, 0.2) is 0 Å². The molecule has 6 nitrogen and oxygen atoms in total. The van der Waals surface area contributed by atoms with Crippen molar-refractivity contribution >= 4 is 23.4 Å². The molecule has 1 aromatic rings. The molecule has 7 heteroatoms. The van der Waals surface area contributed by atoms with Gasteiger partial charge in [-0.3, -0.25) is 4.79 Å². The molecule has 1 fully saturated rings. The summed E-state index contributed by atoms with van der Waals surface area (Å²) in [6, 6.07) is -0.459. The van der Waals surface area contributed by atoms with Crippen molar-refractivity contribution in [2.75, 3.05) is 13.2 Å². The number of ether oxygens (including phenoxy) is 1. The summed E-state index contributed by atoms with van der Waals surface area (Å²) in [6.07, 6.45) is 2.15. The summed E-state index contributed by atoms with van der Waals surface area (Å²) >= 11 is 1.09. The van der Waals surface area contributed by atoms with Gasteiger partial charge in [-0.25, -0.2) is 4.79 Å². The molecule has 1 amide bonds. The van der Waals surface area contributed by atoms with Crippen molar-refractivity contribution in [3.8, 4) is 0 Å². The van der Waals surface area contributed by atoms with E-state index in [4.69, 9.17) is 4.74 Å². The Hall–Kier alpha value is -1.50. The molecule has 19 heavy (non-hydrogen) atoms. The quantitative estimate of drug-likeness (QED) is 0.778. The van der Waals surface area contributed by atoms with Gasteiger partial charge in [-0.15, -0.1) is 5.10 Å². The van der Waals surface area contributed by atoms with Crippen molar-refractivity contribution in [1.82, 2.24) is 14.5 Å². The van der Waals surface area contributed by atoms with Gasteiger partial charge in [-0.2, -0.15) is 0 Å². The number of amides is 1. The van der Waals surface area contributed by atoms with E-state index in [1.165, 1.54) is 0 Å². The van der Waals surface area contributed by atoms with Crippen LogP contribution in [0.25, 0.3) is 0 Å². The fraction of sp³-hybridized carbons (Fsp3) is 0.667. The van der Waals surface area contributed by atoms with Gasteiger partial charge < -0.3 is 9.64 Å². The monoisotopic (exact) mass is 283 g/mol. The number of hydrogen-bond donors (Lipinski definition) is 0. The average Bonchev–Trinajstić information content (AvgIpc) is 3.06. The highest BCUT2D eigenvalue weighted by Gasteiger charge is 2.36. The van der Waals surface area contributed by atoms with Crippen LogP contribution in [0.4, 0.5) is 0 Å². The summed E-state index contributed by atoms with van der Waals surface area (Å²) in [5.41, 5.74) is 0.699. The van der Waals surface area contributed by atoms with Crippen molar-refractivity contribution in [3.63, 3.8) is 0 Å². The molecule has 1 aliphatic rings. The largest absolute Gasteiger partial charge is 0.464 e. The van der Waals surface area contributed by atoms with Crippen LogP contribution in [0.3, 0.4) is 0 Å². The molecule has 0 saturated carbocycles. The minimum absolute atomic E-state index is 0.151. The second-order valence-corrected chi connectivity index (χ2v) is 5.07. The van der Waals surface area contributed by atoms with E-state index in [0.29, 0.717) is 36.6 Å². The molecule has 0 aliphatic carbocycles. The second-order valence-electron chi connectivity index (χ2n) is 4.31. The molecule has 1 atom stereocenters. The van der Waals surface area contributed by atoms with Gasteiger partial charge in [0.2, 0.25) is 0 Å².